The molecule has 1 amide bonds. The number of carbonyl (C=O) groups is 1. The van der Waals surface area contributed by atoms with Crippen LogP contribution in [0.4, 0.5) is 0 Å². The number of aliphatic hydroxyl groups is 1. The van der Waals surface area contributed by atoms with Crippen molar-refractivity contribution in [1.82, 2.24) is 9.88 Å². The molecular formula is C16H20N2O3S. The Morgan fingerprint density at radius 2 is 2.00 bits per heavy atom. The van der Waals surface area contributed by atoms with Crippen LogP contribution in [-0.2, 0) is 11.3 Å². The van der Waals surface area contributed by atoms with Gasteiger partial charge in [-0.2, -0.15) is 0 Å². The molecule has 0 spiro atoms. The molecule has 0 aliphatic rings. The van der Waals surface area contributed by atoms with Gasteiger partial charge in [0.25, 0.3) is 0 Å². The second-order valence-corrected chi connectivity index (χ2v) is 6.29. The average Bonchev–Trinajstić information content (AvgIpc) is 2.76. The molecular weight excluding hydrogens is 300 g/mol. The molecule has 1 heterocycles. The molecule has 2 rings (SSSR count). The molecule has 2 aromatic rings. The highest BCUT2D eigenvalue weighted by atomic mass is 32.1. The van der Waals surface area contributed by atoms with Crippen molar-refractivity contribution < 1.29 is 9.90 Å². The van der Waals surface area contributed by atoms with Gasteiger partial charge >= 0.3 is 4.87 Å². The van der Waals surface area contributed by atoms with Crippen LogP contribution in [-0.4, -0.2) is 22.2 Å². The van der Waals surface area contributed by atoms with Crippen molar-refractivity contribution >= 4 is 17.2 Å². The minimum atomic E-state index is -0.421. The third-order valence-electron chi connectivity index (χ3n) is 3.66. The summed E-state index contributed by atoms with van der Waals surface area (Å²) in [5.41, 5.74) is 1.77. The maximum Gasteiger partial charge on any atom is 0.307 e. The van der Waals surface area contributed by atoms with Crippen molar-refractivity contribution in [3.05, 3.63) is 56.1 Å². The SMILES string of the molecule is Cc1sc(=O)n(CCC(=O)N[C@H](CO)c2ccccc2)c1C. The van der Waals surface area contributed by atoms with Crippen LogP contribution in [0.2, 0.25) is 0 Å². The number of aryl methyl sites for hydroxylation is 1. The van der Waals surface area contributed by atoms with Crippen molar-refractivity contribution in [1.29, 1.82) is 0 Å². The molecule has 0 bridgehead atoms. The van der Waals surface area contributed by atoms with Gasteiger partial charge in [-0.15, -0.1) is 0 Å². The Bertz CT molecular complexity index is 691. The Hall–Kier alpha value is -1.92. The molecule has 0 saturated heterocycles. The topological polar surface area (TPSA) is 71.3 Å². The largest absolute Gasteiger partial charge is 0.394 e. The van der Waals surface area contributed by atoms with Crippen molar-refractivity contribution in [3.63, 3.8) is 0 Å². The van der Waals surface area contributed by atoms with E-state index < -0.39 is 6.04 Å². The van der Waals surface area contributed by atoms with E-state index in [0.717, 1.165) is 16.1 Å². The molecule has 0 unspecified atom stereocenters. The fourth-order valence-electron chi connectivity index (χ4n) is 2.25. The molecule has 6 heteroatoms. The number of aromatic nitrogens is 1. The Balaban J connectivity index is 1.96. The fraction of sp³-hybridized carbons (Fsp3) is 0.375. The summed E-state index contributed by atoms with van der Waals surface area (Å²) in [4.78, 5) is 24.8. The monoisotopic (exact) mass is 320 g/mol. The predicted molar refractivity (Wildman–Crippen MR) is 87.1 cm³/mol. The van der Waals surface area contributed by atoms with E-state index >= 15 is 0 Å². The summed E-state index contributed by atoms with van der Waals surface area (Å²) in [6.45, 7) is 3.97. The number of benzene rings is 1. The highest BCUT2D eigenvalue weighted by molar-refractivity contribution is 7.09. The lowest BCUT2D eigenvalue weighted by molar-refractivity contribution is -0.122. The van der Waals surface area contributed by atoms with E-state index in [1.54, 1.807) is 4.57 Å². The van der Waals surface area contributed by atoms with Crippen LogP contribution >= 0.6 is 11.3 Å². The fourth-order valence-corrected chi connectivity index (χ4v) is 3.10. The number of carbonyl (C=O) groups excluding carboxylic acids is 1. The summed E-state index contributed by atoms with van der Waals surface area (Å²) in [5, 5.41) is 12.2. The summed E-state index contributed by atoms with van der Waals surface area (Å²) in [5.74, 6) is -0.182. The highest BCUT2D eigenvalue weighted by Gasteiger charge is 2.14. The quantitative estimate of drug-likeness (QED) is 0.852. The maximum absolute atomic E-state index is 12.1. The van der Waals surface area contributed by atoms with E-state index in [9.17, 15) is 14.7 Å². The number of amides is 1. The first-order valence-corrected chi connectivity index (χ1v) is 7.96. The average molecular weight is 320 g/mol. The van der Waals surface area contributed by atoms with Gasteiger partial charge in [0.05, 0.1) is 12.6 Å². The molecule has 0 radical (unpaired) electrons. The Kier molecular flexibility index (Phi) is 5.51. The van der Waals surface area contributed by atoms with Gasteiger partial charge in [0.15, 0.2) is 0 Å². The number of aliphatic hydroxyl groups excluding tert-OH is 1. The smallest absolute Gasteiger partial charge is 0.307 e. The van der Waals surface area contributed by atoms with Gasteiger partial charge in [-0.3, -0.25) is 9.59 Å². The van der Waals surface area contributed by atoms with Crippen LogP contribution in [0.15, 0.2) is 35.1 Å². The second kappa shape index (κ2) is 7.38. The zero-order valence-corrected chi connectivity index (χ0v) is 13.5. The van der Waals surface area contributed by atoms with Gasteiger partial charge in [-0.1, -0.05) is 41.7 Å². The van der Waals surface area contributed by atoms with Crippen molar-refractivity contribution in [2.24, 2.45) is 0 Å². The first-order valence-electron chi connectivity index (χ1n) is 7.15. The van der Waals surface area contributed by atoms with E-state index in [2.05, 4.69) is 5.32 Å². The van der Waals surface area contributed by atoms with E-state index in [4.69, 9.17) is 0 Å². The number of hydrogen-bond acceptors (Lipinski definition) is 4. The third-order valence-corrected chi connectivity index (χ3v) is 4.65. The van der Waals surface area contributed by atoms with Crippen LogP contribution in [0.1, 0.15) is 28.6 Å². The van der Waals surface area contributed by atoms with Gasteiger partial charge in [0, 0.05) is 23.5 Å². The highest BCUT2D eigenvalue weighted by Crippen LogP contribution is 2.13. The van der Waals surface area contributed by atoms with E-state index in [-0.39, 0.29) is 23.8 Å². The molecule has 22 heavy (non-hydrogen) atoms. The van der Waals surface area contributed by atoms with Gasteiger partial charge in [0.2, 0.25) is 5.91 Å². The van der Waals surface area contributed by atoms with E-state index in [1.165, 1.54) is 11.3 Å². The lowest BCUT2D eigenvalue weighted by Gasteiger charge is -2.17. The molecule has 0 aliphatic heterocycles. The van der Waals surface area contributed by atoms with Crippen molar-refractivity contribution in [2.45, 2.75) is 32.9 Å². The van der Waals surface area contributed by atoms with Crippen LogP contribution in [0.3, 0.4) is 0 Å². The zero-order valence-electron chi connectivity index (χ0n) is 12.7. The first-order chi connectivity index (χ1) is 10.5. The van der Waals surface area contributed by atoms with Crippen molar-refractivity contribution in [2.75, 3.05) is 6.61 Å². The molecule has 0 aliphatic carbocycles. The molecule has 1 aromatic heterocycles. The van der Waals surface area contributed by atoms with E-state index in [1.807, 2.05) is 44.2 Å². The molecule has 1 aromatic carbocycles. The number of nitrogens with zero attached hydrogens (tertiary/aromatic N) is 1. The Morgan fingerprint density at radius 3 is 2.55 bits per heavy atom. The first kappa shape index (κ1) is 16.5. The van der Waals surface area contributed by atoms with Crippen LogP contribution in [0, 0.1) is 13.8 Å². The Morgan fingerprint density at radius 1 is 1.32 bits per heavy atom. The lowest BCUT2D eigenvalue weighted by Crippen LogP contribution is -2.32. The molecule has 2 N–H and O–H groups in total. The van der Waals surface area contributed by atoms with Gasteiger partial charge < -0.3 is 15.0 Å². The molecule has 5 nitrogen and oxygen atoms in total. The number of thiazole rings is 1. The van der Waals surface area contributed by atoms with Crippen molar-refractivity contribution in [3.8, 4) is 0 Å². The number of rotatable bonds is 6. The van der Waals surface area contributed by atoms with Gasteiger partial charge in [-0.25, -0.2) is 0 Å². The zero-order chi connectivity index (χ0) is 16.1. The minimum Gasteiger partial charge on any atom is -0.394 e. The summed E-state index contributed by atoms with van der Waals surface area (Å²) >= 11 is 1.20. The predicted octanol–water partition coefficient (Wildman–Crippen LogP) is 1.77. The number of nitrogens with one attached hydrogen (secondary N) is 1. The molecule has 118 valence electrons. The summed E-state index contributed by atoms with van der Waals surface area (Å²) < 4.78 is 1.62. The van der Waals surface area contributed by atoms with Gasteiger partial charge in [0.1, 0.15) is 0 Å². The van der Waals surface area contributed by atoms with Crippen LogP contribution < -0.4 is 10.2 Å². The second-order valence-electron chi connectivity index (χ2n) is 5.12. The van der Waals surface area contributed by atoms with Gasteiger partial charge in [-0.05, 0) is 19.4 Å². The molecule has 1 atom stereocenters. The summed E-state index contributed by atoms with van der Waals surface area (Å²) in [6, 6.07) is 8.91. The Labute approximate surface area is 133 Å². The van der Waals surface area contributed by atoms with Crippen LogP contribution in [0.25, 0.3) is 0 Å². The molecule has 0 fully saturated rings. The maximum atomic E-state index is 12.1. The summed E-state index contributed by atoms with van der Waals surface area (Å²) in [7, 11) is 0. The summed E-state index contributed by atoms with van der Waals surface area (Å²) in [6.07, 6.45) is 0.209. The standard InChI is InChI=1S/C16H20N2O3S/c1-11-12(2)22-16(21)18(11)9-8-15(20)17-14(10-19)13-6-4-3-5-7-13/h3-7,14,19H,8-10H2,1-2H3,(H,17,20)/t14-/m1/s1. The third kappa shape index (κ3) is 3.84. The minimum absolute atomic E-state index is 0.0374. The lowest BCUT2D eigenvalue weighted by atomic mass is 10.1. The number of hydrogen-bond donors (Lipinski definition) is 2. The normalized spacial score (nSPS) is 12.1. The van der Waals surface area contributed by atoms with E-state index in [0.29, 0.717) is 6.54 Å². The van der Waals surface area contributed by atoms with Crippen LogP contribution in [0.5, 0.6) is 0 Å². The molecule has 0 saturated carbocycles.